The van der Waals surface area contributed by atoms with Crippen LogP contribution in [0.5, 0.6) is 0 Å². The van der Waals surface area contributed by atoms with E-state index < -0.39 is 5.97 Å². The first-order valence-electron chi connectivity index (χ1n) is 6.16. The molecule has 0 aliphatic heterocycles. The molecule has 2 nitrogen and oxygen atoms in total. The van der Waals surface area contributed by atoms with Crippen molar-refractivity contribution in [2.75, 3.05) is 0 Å². The summed E-state index contributed by atoms with van der Waals surface area (Å²) >= 11 is 7.00. The Labute approximate surface area is 121 Å². The SMILES string of the molecule is Clc1ccc(CC2CC2)cc1.O=C(O)c1cccs1. The van der Waals surface area contributed by atoms with E-state index in [4.69, 9.17) is 16.7 Å². The third-order valence-corrected chi connectivity index (χ3v) is 3.98. The van der Waals surface area contributed by atoms with Gasteiger partial charge in [-0.1, -0.05) is 29.8 Å². The van der Waals surface area contributed by atoms with E-state index in [9.17, 15) is 4.79 Å². The van der Waals surface area contributed by atoms with Crippen LogP contribution in [0.15, 0.2) is 41.8 Å². The fourth-order valence-corrected chi connectivity index (χ4v) is 2.36. The highest BCUT2D eigenvalue weighted by molar-refractivity contribution is 7.11. The molecular weight excluding hydrogens is 280 g/mol. The van der Waals surface area contributed by atoms with Crippen LogP contribution in [-0.2, 0) is 6.42 Å². The molecule has 1 aromatic carbocycles. The maximum Gasteiger partial charge on any atom is 0.345 e. The summed E-state index contributed by atoms with van der Waals surface area (Å²) in [5.41, 5.74) is 1.43. The molecule has 2 aromatic rings. The minimum absolute atomic E-state index is 0.394. The summed E-state index contributed by atoms with van der Waals surface area (Å²) in [6.45, 7) is 0. The van der Waals surface area contributed by atoms with Gasteiger partial charge >= 0.3 is 5.97 Å². The lowest BCUT2D eigenvalue weighted by Gasteiger charge is -1.97. The summed E-state index contributed by atoms with van der Waals surface area (Å²) in [5.74, 6) is 0.121. The van der Waals surface area contributed by atoms with Crippen molar-refractivity contribution in [1.29, 1.82) is 0 Å². The Hall–Kier alpha value is -1.32. The normalized spacial score (nSPS) is 13.5. The van der Waals surface area contributed by atoms with E-state index in [1.54, 1.807) is 17.5 Å². The van der Waals surface area contributed by atoms with E-state index >= 15 is 0 Å². The van der Waals surface area contributed by atoms with Gasteiger partial charge in [-0.2, -0.15) is 0 Å². The molecule has 1 saturated carbocycles. The van der Waals surface area contributed by atoms with Gasteiger partial charge < -0.3 is 5.11 Å². The molecule has 0 bridgehead atoms. The number of halogens is 1. The minimum atomic E-state index is -0.847. The maximum absolute atomic E-state index is 10.1. The Balaban J connectivity index is 0.000000148. The molecule has 1 aliphatic rings. The number of hydrogen-bond acceptors (Lipinski definition) is 2. The van der Waals surface area contributed by atoms with Crippen LogP contribution >= 0.6 is 22.9 Å². The predicted octanol–water partition coefficient (Wildman–Crippen LogP) is 4.74. The van der Waals surface area contributed by atoms with Crippen molar-refractivity contribution in [1.82, 2.24) is 0 Å². The van der Waals surface area contributed by atoms with Crippen LogP contribution in [0.25, 0.3) is 0 Å². The zero-order chi connectivity index (χ0) is 13.7. The molecule has 1 fully saturated rings. The van der Waals surface area contributed by atoms with E-state index in [2.05, 4.69) is 12.1 Å². The molecule has 4 heteroatoms. The van der Waals surface area contributed by atoms with Gasteiger partial charge in [-0.05, 0) is 54.3 Å². The van der Waals surface area contributed by atoms with E-state index in [1.807, 2.05) is 12.1 Å². The quantitative estimate of drug-likeness (QED) is 0.888. The van der Waals surface area contributed by atoms with Crippen molar-refractivity contribution in [2.24, 2.45) is 5.92 Å². The fraction of sp³-hybridized carbons (Fsp3) is 0.267. The van der Waals surface area contributed by atoms with Gasteiger partial charge in [0.15, 0.2) is 0 Å². The molecule has 0 atom stereocenters. The molecule has 1 heterocycles. The van der Waals surface area contributed by atoms with Gasteiger partial charge in [0.25, 0.3) is 0 Å². The number of rotatable bonds is 3. The van der Waals surface area contributed by atoms with Crippen LogP contribution in [0, 0.1) is 5.92 Å². The molecule has 0 amide bonds. The van der Waals surface area contributed by atoms with Crippen molar-refractivity contribution >= 4 is 28.9 Å². The molecule has 1 N–H and O–H groups in total. The number of aromatic carboxylic acids is 1. The molecule has 1 aromatic heterocycles. The number of benzene rings is 1. The first-order chi connectivity index (χ1) is 9.15. The van der Waals surface area contributed by atoms with Crippen LogP contribution in [0.2, 0.25) is 5.02 Å². The maximum atomic E-state index is 10.1. The van der Waals surface area contributed by atoms with Crippen molar-refractivity contribution in [3.8, 4) is 0 Å². The Bertz CT molecular complexity index is 516. The van der Waals surface area contributed by atoms with Gasteiger partial charge in [0, 0.05) is 5.02 Å². The van der Waals surface area contributed by atoms with Crippen LogP contribution in [0.1, 0.15) is 28.1 Å². The largest absolute Gasteiger partial charge is 0.477 e. The standard InChI is InChI=1S/C10H11Cl.C5H4O2S/c11-10-5-3-9(4-6-10)7-8-1-2-8;6-5(7)4-2-1-3-8-4/h3-6,8H,1-2,7H2;1-3H,(H,6,7). The van der Waals surface area contributed by atoms with Crippen molar-refractivity contribution < 1.29 is 9.90 Å². The zero-order valence-corrected chi connectivity index (χ0v) is 12.0. The van der Waals surface area contributed by atoms with Crippen LogP contribution in [-0.4, -0.2) is 11.1 Å². The van der Waals surface area contributed by atoms with Gasteiger partial charge in [0.05, 0.1) is 0 Å². The van der Waals surface area contributed by atoms with Gasteiger partial charge in [-0.3, -0.25) is 0 Å². The Morgan fingerprint density at radius 3 is 2.37 bits per heavy atom. The topological polar surface area (TPSA) is 37.3 Å². The minimum Gasteiger partial charge on any atom is -0.477 e. The summed E-state index contributed by atoms with van der Waals surface area (Å²) in [6.07, 6.45) is 4.09. The number of hydrogen-bond donors (Lipinski definition) is 1. The van der Waals surface area contributed by atoms with E-state index in [0.717, 1.165) is 10.9 Å². The van der Waals surface area contributed by atoms with Crippen molar-refractivity contribution in [3.63, 3.8) is 0 Å². The molecule has 1 aliphatic carbocycles. The third kappa shape index (κ3) is 5.05. The molecule has 0 spiro atoms. The number of carbonyl (C=O) groups is 1. The van der Waals surface area contributed by atoms with Gasteiger partial charge in [0.1, 0.15) is 4.88 Å². The van der Waals surface area contributed by atoms with Gasteiger partial charge in [-0.15, -0.1) is 11.3 Å². The smallest absolute Gasteiger partial charge is 0.345 e. The zero-order valence-electron chi connectivity index (χ0n) is 10.4. The second-order valence-corrected chi connectivity index (χ2v) is 5.94. The summed E-state index contributed by atoms with van der Waals surface area (Å²) in [7, 11) is 0. The summed E-state index contributed by atoms with van der Waals surface area (Å²) in [5, 5.41) is 10.9. The van der Waals surface area contributed by atoms with Gasteiger partial charge in [-0.25, -0.2) is 4.79 Å². The Kier molecular flexibility index (Phi) is 5.00. The highest BCUT2D eigenvalue weighted by atomic mass is 35.5. The lowest BCUT2D eigenvalue weighted by Crippen LogP contribution is -1.89. The molecular formula is C15H15ClO2S. The van der Waals surface area contributed by atoms with E-state index in [0.29, 0.717) is 4.88 Å². The second kappa shape index (κ2) is 6.73. The average molecular weight is 295 g/mol. The average Bonchev–Trinajstić information content (AvgIpc) is 3.03. The van der Waals surface area contributed by atoms with E-state index in [-0.39, 0.29) is 0 Å². The molecule has 0 saturated heterocycles. The molecule has 19 heavy (non-hydrogen) atoms. The number of carboxylic acids is 1. The van der Waals surface area contributed by atoms with Crippen molar-refractivity contribution in [3.05, 3.63) is 57.2 Å². The first-order valence-corrected chi connectivity index (χ1v) is 7.42. The second-order valence-electron chi connectivity index (χ2n) is 4.56. The highest BCUT2D eigenvalue weighted by Crippen LogP contribution is 2.32. The molecule has 0 unspecified atom stereocenters. The monoisotopic (exact) mass is 294 g/mol. The predicted molar refractivity (Wildman–Crippen MR) is 79.2 cm³/mol. The molecule has 100 valence electrons. The Morgan fingerprint density at radius 2 is 1.95 bits per heavy atom. The lowest BCUT2D eigenvalue weighted by molar-refractivity contribution is 0.0702. The lowest BCUT2D eigenvalue weighted by atomic mass is 10.1. The number of thiophene rings is 1. The number of carboxylic acid groups (broad SMARTS) is 1. The molecule has 3 rings (SSSR count). The van der Waals surface area contributed by atoms with Crippen LogP contribution < -0.4 is 0 Å². The highest BCUT2D eigenvalue weighted by Gasteiger charge is 2.20. The Morgan fingerprint density at radius 1 is 1.26 bits per heavy atom. The summed E-state index contributed by atoms with van der Waals surface area (Å²) in [4.78, 5) is 10.5. The first kappa shape index (κ1) is 14.1. The summed E-state index contributed by atoms with van der Waals surface area (Å²) < 4.78 is 0. The molecule has 0 radical (unpaired) electrons. The van der Waals surface area contributed by atoms with Crippen LogP contribution in [0.3, 0.4) is 0 Å². The fourth-order valence-electron chi connectivity index (χ4n) is 1.68. The van der Waals surface area contributed by atoms with E-state index in [1.165, 1.54) is 36.2 Å². The van der Waals surface area contributed by atoms with Gasteiger partial charge in [0.2, 0.25) is 0 Å². The third-order valence-electron chi connectivity index (χ3n) is 2.87. The van der Waals surface area contributed by atoms with Crippen LogP contribution in [0.4, 0.5) is 0 Å². The summed E-state index contributed by atoms with van der Waals surface area (Å²) in [6, 6.07) is 11.5. The van der Waals surface area contributed by atoms with Crippen molar-refractivity contribution in [2.45, 2.75) is 19.3 Å².